The monoisotopic (exact) mass is 349 g/mol. The summed E-state index contributed by atoms with van der Waals surface area (Å²) < 4.78 is 6.77. The number of hydrogen-bond acceptors (Lipinski definition) is 4. The van der Waals surface area contributed by atoms with Crippen LogP contribution in [0.3, 0.4) is 0 Å². The largest absolute Gasteiger partial charge is 0.369 e. The van der Waals surface area contributed by atoms with Gasteiger partial charge in [0.05, 0.1) is 10.2 Å². The van der Waals surface area contributed by atoms with Gasteiger partial charge in [0.1, 0.15) is 11.9 Å². The topological polar surface area (TPSA) is 47.0 Å². The molecule has 0 aliphatic carbocycles. The molecule has 0 aliphatic rings. The maximum atomic E-state index is 5.87. The quantitative estimate of drug-likeness (QED) is 0.852. The van der Waals surface area contributed by atoms with Gasteiger partial charge in [-0.15, -0.1) is 0 Å². The summed E-state index contributed by atoms with van der Waals surface area (Å²) in [7, 11) is 0. The Morgan fingerprint density at radius 2 is 1.90 bits per heavy atom. The van der Waals surface area contributed by atoms with Gasteiger partial charge in [0.15, 0.2) is 5.82 Å². The van der Waals surface area contributed by atoms with E-state index in [1.54, 1.807) is 0 Å². The zero-order chi connectivity index (χ0) is 15.2. The minimum absolute atomic E-state index is 0.250. The molecule has 2 rings (SSSR count). The van der Waals surface area contributed by atoms with Crippen molar-refractivity contribution < 1.29 is 4.74 Å². The lowest BCUT2D eigenvalue weighted by Gasteiger charge is -2.18. The average Bonchev–Trinajstić information content (AvgIpc) is 2.50. The zero-order valence-corrected chi connectivity index (χ0v) is 14.1. The van der Waals surface area contributed by atoms with Crippen molar-refractivity contribution in [2.45, 2.75) is 26.9 Å². The van der Waals surface area contributed by atoms with E-state index in [9.17, 15) is 0 Å². The van der Waals surface area contributed by atoms with Crippen molar-refractivity contribution in [1.82, 2.24) is 9.97 Å². The van der Waals surface area contributed by atoms with Crippen molar-refractivity contribution in [2.24, 2.45) is 0 Å². The highest BCUT2D eigenvalue weighted by Gasteiger charge is 2.20. The van der Waals surface area contributed by atoms with Gasteiger partial charge in [0, 0.05) is 13.2 Å². The van der Waals surface area contributed by atoms with Gasteiger partial charge < -0.3 is 10.1 Å². The van der Waals surface area contributed by atoms with E-state index in [0.717, 1.165) is 28.1 Å². The van der Waals surface area contributed by atoms with Crippen LogP contribution in [0.1, 0.15) is 37.0 Å². The molecule has 0 saturated heterocycles. The van der Waals surface area contributed by atoms with Crippen LogP contribution in [0.2, 0.25) is 0 Å². The van der Waals surface area contributed by atoms with Gasteiger partial charge >= 0.3 is 0 Å². The highest BCUT2D eigenvalue weighted by atomic mass is 79.9. The zero-order valence-electron chi connectivity index (χ0n) is 12.6. The smallest absolute Gasteiger partial charge is 0.164 e. The highest BCUT2D eigenvalue weighted by molar-refractivity contribution is 9.10. The molecule has 5 heteroatoms. The lowest BCUT2D eigenvalue weighted by Crippen LogP contribution is -2.13. The van der Waals surface area contributed by atoms with Gasteiger partial charge in [0.25, 0.3) is 0 Å². The number of anilines is 1. The molecule has 1 unspecified atom stereocenters. The van der Waals surface area contributed by atoms with Crippen molar-refractivity contribution in [3.05, 3.63) is 51.9 Å². The van der Waals surface area contributed by atoms with E-state index in [1.165, 1.54) is 0 Å². The van der Waals surface area contributed by atoms with Gasteiger partial charge in [-0.25, -0.2) is 9.97 Å². The average molecular weight is 350 g/mol. The van der Waals surface area contributed by atoms with Crippen LogP contribution in [-0.2, 0) is 4.74 Å². The SMILES string of the molecule is CCNc1nc(C(OCC)c2ccccc2)nc(C)c1Br. The molecule has 0 spiro atoms. The molecule has 2 aromatic rings. The molecule has 1 atom stereocenters. The molecule has 0 aliphatic heterocycles. The van der Waals surface area contributed by atoms with Crippen LogP contribution < -0.4 is 5.32 Å². The standard InChI is InChI=1S/C16H20BrN3O/c1-4-18-15-13(17)11(3)19-16(20-15)14(21-5-2)12-9-7-6-8-10-12/h6-10,14H,4-5H2,1-3H3,(H,18,19,20). The van der Waals surface area contributed by atoms with Crippen LogP contribution in [0, 0.1) is 6.92 Å². The van der Waals surface area contributed by atoms with Crippen LogP contribution in [-0.4, -0.2) is 23.1 Å². The molecule has 0 radical (unpaired) electrons. The first kappa shape index (κ1) is 15.9. The van der Waals surface area contributed by atoms with E-state index < -0.39 is 0 Å². The van der Waals surface area contributed by atoms with E-state index in [4.69, 9.17) is 4.74 Å². The molecule has 0 amide bonds. The van der Waals surface area contributed by atoms with Crippen LogP contribution in [0.4, 0.5) is 5.82 Å². The van der Waals surface area contributed by atoms with E-state index in [0.29, 0.717) is 12.4 Å². The van der Waals surface area contributed by atoms with Crippen molar-refractivity contribution in [3.63, 3.8) is 0 Å². The minimum Gasteiger partial charge on any atom is -0.369 e. The number of aryl methyl sites for hydroxylation is 1. The fraction of sp³-hybridized carbons (Fsp3) is 0.375. The van der Waals surface area contributed by atoms with Crippen molar-refractivity contribution in [1.29, 1.82) is 0 Å². The van der Waals surface area contributed by atoms with Crippen molar-refractivity contribution in [2.75, 3.05) is 18.5 Å². The first-order valence-electron chi connectivity index (χ1n) is 7.11. The molecule has 1 N–H and O–H groups in total. The Balaban J connectivity index is 2.45. The molecule has 0 bridgehead atoms. The summed E-state index contributed by atoms with van der Waals surface area (Å²) in [5.41, 5.74) is 1.96. The number of benzene rings is 1. The Labute approximate surface area is 134 Å². The minimum atomic E-state index is -0.250. The highest BCUT2D eigenvalue weighted by Crippen LogP contribution is 2.29. The first-order valence-corrected chi connectivity index (χ1v) is 7.91. The number of nitrogens with zero attached hydrogens (tertiary/aromatic N) is 2. The van der Waals surface area contributed by atoms with Crippen LogP contribution in [0.15, 0.2) is 34.8 Å². The molecule has 0 fully saturated rings. The lowest BCUT2D eigenvalue weighted by molar-refractivity contribution is 0.0850. The summed E-state index contributed by atoms with van der Waals surface area (Å²) in [4.78, 5) is 9.21. The number of halogens is 1. The van der Waals surface area contributed by atoms with Gasteiger partial charge in [0.2, 0.25) is 0 Å². The molecular formula is C16H20BrN3O. The summed E-state index contributed by atoms with van der Waals surface area (Å²) in [6.45, 7) is 7.39. The number of ether oxygens (including phenoxy) is 1. The van der Waals surface area contributed by atoms with E-state index in [2.05, 4.69) is 31.2 Å². The Hall–Kier alpha value is -1.46. The predicted octanol–water partition coefficient (Wildman–Crippen LogP) is 4.11. The molecular weight excluding hydrogens is 330 g/mol. The van der Waals surface area contributed by atoms with Crippen LogP contribution in [0.25, 0.3) is 0 Å². The summed E-state index contributed by atoms with van der Waals surface area (Å²) in [6.07, 6.45) is -0.250. The molecule has 4 nitrogen and oxygen atoms in total. The summed E-state index contributed by atoms with van der Waals surface area (Å²) in [6, 6.07) is 10.1. The van der Waals surface area contributed by atoms with Crippen molar-refractivity contribution in [3.8, 4) is 0 Å². The third-order valence-corrected chi connectivity index (χ3v) is 4.00. The Morgan fingerprint density at radius 1 is 1.19 bits per heavy atom. The number of nitrogens with one attached hydrogen (secondary N) is 1. The number of aromatic nitrogens is 2. The fourth-order valence-corrected chi connectivity index (χ4v) is 2.41. The van der Waals surface area contributed by atoms with Crippen molar-refractivity contribution >= 4 is 21.7 Å². The second-order valence-corrected chi connectivity index (χ2v) is 5.40. The third-order valence-electron chi connectivity index (χ3n) is 3.05. The third kappa shape index (κ3) is 3.80. The maximum absolute atomic E-state index is 5.87. The fourth-order valence-electron chi connectivity index (χ4n) is 2.10. The molecule has 112 valence electrons. The van der Waals surface area contributed by atoms with Gasteiger partial charge in [-0.2, -0.15) is 0 Å². The molecule has 1 heterocycles. The Bertz CT molecular complexity index is 590. The van der Waals surface area contributed by atoms with Gasteiger partial charge in [-0.3, -0.25) is 0 Å². The summed E-state index contributed by atoms with van der Waals surface area (Å²) >= 11 is 3.53. The Kier molecular flexibility index (Phi) is 5.70. The summed E-state index contributed by atoms with van der Waals surface area (Å²) in [5, 5.41) is 3.25. The van der Waals surface area contributed by atoms with Crippen LogP contribution in [0.5, 0.6) is 0 Å². The Morgan fingerprint density at radius 3 is 2.52 bits per heavy atom. The predicted molar refractivity (Wildman–Crippen MR) is 88.5 cm³/mol. The maximum Gasteiger partial charge on any atom is 0.164 e. The molecule has 1 aromatic heterocycles. The second kappa shape index (κ2) is 7.52. The molecule has 1 aromatic carbocycles. The van der Waals surface area contributed by atoms with E-state index in [1.807, 2.05) is 51.1 Å². The molecule has 21 heavy (non-hydrogen) atoms. The number of hydrogen-bond donors (Lipinski definition) is 1. The van der Waals surface area contributed by atoms with Gasteiger partial charge in [-0.1, -0.05) is 30.3 Å². The van der Waals surface area contributed by atoms with E-state index >= 15 is 0 Å². The number of rotatable bonds is 6. The summed E-state index contributed by atoms with van der Waals surface area (Å²) in [5.74, 6) is 1.49. The van der Waals surface area contributed by atoms with Crippen LogP contribution >= 0.6 is 15.9 Å². The second-order valence-electron chi connectivity index (χ2n) is 4.61. The van der Waals surface area contributed by atoms with E-state index in [-0.39, 0.29) is 6.10 Å². The molecule has 0 saturated carbocycles. The van der Waals surface area contributed by atoms with Gasteiger partial charge in [-0.05, 0) is 42.3 Å². The normalized spacial score (nSPS) is 12.2. The lowest BCUT2D eigenvalue weighted by atomic mass is 10.1. The first-order chi connectivity index (χ1) is 10.2.